The van der Waals surface area contributed by atoms with E-state index in [4.69, 9.17) is 10.5 Å². The van der Waals surface area contributed by atoms with E-state index in [-0.39, 0.29) is 5.56 Å². The van der Waals surface area contributed by atoms with Gasteiger partial charge < -0.3 is 20.5 Å². The fraction of sp³-hybridized carbons (Fsp3) is 0.200. The minimum absolute atomic E-state index is 0.0818. The fourth-order valence-corrected chi connectivity index (χ4v) is 4.20. The first-order valence-corrected chi connectivity index (χ1v) is 11.8. The van der Waals surface area contributed by atoms with E-state index in [2.05, 4.69) is 6.58 Å². The van der Waals surface area contributed by atoms with E-state index >= 15 is 4.39 Å². The summed E-state index contributed by atoms with van der Waals surface area (Å²) in [6, 6.07) is 14.4. The largest absolute Gasteiger partial charge is 0.497 e. The Labute approximate surface area is 210 Å². The Morgan fingerprint density at radius 2 is 1.81 bits per heavy atom. The molecule has 3 aromatic carbocycles. The number of aliphatic hydroxyl groups excluding tert-OH is 1. The molecular formula is C30H30F2N2O2. The molecule has 4 rings (SSSR count). The highest BCUT2D eigenvalue weighted by Crippen LogP contribution is 2.32. The average molecular weight is 489 g/mol. The second-order valence-corrected chi connectivity index (χ2v) is 8.87. The molecule has 1 saturated carbocycles. The van der Waals surface area contributed by atoms with Crippen LogP contribution in [-0.4, -0.2) is 19.3 Å². The van der Waals surface area contributed by atoms with Crippen LogP contribution >= 0.6 is 0 Å². The van der Waals surface area contributed by atoms with Crippen molar-refractivity contribution in [3.05, 3.63) is 107 Å². The molecule has 1 atom stereocenters. The van der Waals surface area contributed by atoms with Gasteiger partial charge in [0.25, 0.3) is 0 Å². The quantitative estimate of drug-likeness (QED) is 0.202. The number of hydrogen-bond donors (Lipinski definition) is 2. The maximum atomic E-state index is 15.1. The first kappa shape index (κ1) is 25.2. The molecule has 4 nitrogen and oxygen atoms in total. The average Bonchev–Trinajstić information content (AvgIpc) is 2.84. The van der Waals surface area contributed by atoms with E-state index in [0.717, 1.165) is 36.1 Å². The summed E-state index contributed by atoms with van der Waals surface area (Å²) in [5.74, 6) is -0.236. The summed E-state index contributed by atoms with van der Waals surface area (Å²) >= 11 is 0. The lowest BCUT2D eigenvalue weighted by atomic mass is 9.91. The van der Waals surface area contributed by atoms with Crippen molar-refractivity contribution in [2.45, 2.75) is 25.5 Å². The van der Waals surface area contributed by atoms with Crippen LogP contribution in [0, 0.1) is 11.6 Å². The van der Waals surface area contributed by atoms with Crippen molar-refractivity contribution in [2.75, 3.05) is 24.8 Å². The van der Waals surface area contributed by atoms with Gasteiger partial charge in [0.15, 0.2) is 6.23 Å². The summed E-state index contributed by atoms with van der Waals surface area (Å²) in [7, 11) is 3.21. The highest BCUT2D eigenvalue weighted by Gasteiger charge is 2.20. The van der Waals surface area contributed by atoms with Gasteiger partial charge in [-0.2, -0.15) is 0 Å². The Morgan fingerprint density at radius 1 is 1.08 bits per heavy atom. The van der Waals surface area contributed by atoms with Gasteiger partial charge in [0.2, 0.25) is 0 Å². The normalized spacial score (nSPS) is 13.9. The molecule has 0 aromatic heterocycles. The van der Waals surface area contributed by atoms with Crippen LogP contribution in [-0.2, 0) is 4.74 Å². The van der Waals surface area contributed by atoms with E-state index in [1.807, 2.05) is 12.1 Å². The minimum Gasteiger partial charge on any atom is -0.497 e. The second kappa shape index (κ2) is 10.8. The van der Waals surface area contributed by atoms with E-state index in [0.29, 0.717) is 22.5 Å². The number of allylic oxidation sites excluding steroid dienone is 2. The van der Waals surface area contributed by atoms with Crippen LogP contribution in [0.1, 0.15) is 42.2 Å². The molecule has 186 valence electrons. The van der Waals surface area contributed by atoms with E-state index < -0.39 is 17.9 Å². The predicted octanol–water partition coefficient (Wildman–Crippen LogP) is 7.08. The van der Waals surface area contributed by atoms with E-state index in [1.165, 1.54) is 34.7 Å². The van der Waals surface area contributed by atoms with Crippen molar-refractivity contribution < 1.29 is 18.6 Å². The summed E-state index contributed by atoms with van der Waals surface area (Å²) in [5.41, 5.74) is 11.0. The highest BCUT2D eigenvalue weighted by molar-refractivity contribution is 5.73. The third kappa shape index (κ3) is 5.34. The molecule has 1 aliphatic rings. The van der Waals surface area contributed by atoms with Gasteiger partial charge in [0, 0.05) is 24.0 Å². The number of aliphatic hydroxyl groups is 1. The summed E-state index contributed by atoms with van der Waals surface area (Å²) in [5, 5.41) is 10.9. The number of nitrogen functional groups attached to an aromatic ring is 1. The number of anilines is 2. The Balaban J connectivity index is 1.57. The van der Waals surface area contributed by atoms with E-state index in [9.17, 15) is 9.50 Å². The van der Waals surface area contributed by atoms with Crippen LogP contribution in [0.25, 0.3) is 23.3 Å². The summed E-state index contributed by atoms with van der Waals surface area (Å²) < 4.78 is 35.0. The molecule has 36 heavy (non-hydrogen) atoms. The van der Waals surface area contributed by atoms with Gasteiger partial charge in [0.1, 0.15) is 17.4 Å². The van der Waals surface area contributed by atoms with Crippen LogP contribution in [0.15, 0.2) is 78.6 Å². The monoisotopic (exact) mass is 488 g/mol. The van der Waals surface area contributed by atoms with Crippen molar-refractivity contribution in [3.8, 4) is 11.1 Å². The molecule has 0 amide bonds. The molecule has 0 radical (unpaired) electrons. The molecule has 0 heterocycles. The number of hydrogen-bond acceptors (Lipinski definition) is 4. The topological polar surface area (TPSA) is 58.7 Å². The summed E-state index contributed by atoms with van der Waals surface area (Å²) in [6.45, 7) is 3.75. The first-order chi connectivity index (χ1) is 17.3. The zero-order valence-electron chi connectivity index (χ0n) is 20.5. The smallest absolute Gasteiger partial charge is 0.155 e. The molecule has 0 saturated heterocycles. The standard InChI is InChI=1S/C30H30F2N2O2/c1-4-20-16-22(10-12-28(20)33)23-9-11-26(27(32)17-23)30(35)34(2)25-15-19(14-24(31)18-25)8-13-29(36-3)21-6-5-7-21/h4,8-18,30,35H,1,5-7,33H2,2-3H3/b13-8+. The van der Waals surface area contributed by atoms with Gasteiger partial charge >= 0.3 is 0 Å². The van der Waals surface area contributed by atoms with Crippen LogP contribution in [0.4, 0.5) is 20.2 Å². The SMILES string of the molecule is C=Cc1cc(-c2ccc(C(O)N(C)c3cc(F)cc(/C=C/C(OC)=C4CCC4)c3)c(F)c2)ccc1N. The zero-order chi connectivity index (χ0) is 25.8. The molecule has 0 spiro atoms. The van der Waals surface area contributed by atoms with Crippen LogP contribution in [0.2, 0.25) is 0 Å². The molecular weight excluding hydrogens is 458 g/mol. The number of nitrogens with zero attached hydrogens (tertiary/aromatic N) is 1. The maximum Gasteiger partial charge on any atom is 0.155 e. The number of benzene rings is 3. The molecule has 3 N–H and O–H groups in total. The molecule has 6 heteroatoms. The zero-order valence-corrected chi connectivity index (χ0v) is 20.5. The summed E-state index contributed by atoms with van der Waals surface area (Å²) in [4.78, 5) is 1.43. The Morgan fingerprint density at radius 3 is 2.44 bits per heavy atom. The molecule has 1 unspecified atom stereocenters. The van der Waals surface area contributed by atoms with Crippen molar-refractivity contribution >= 4 is 23.5 Å². The molecule has 3 aromatic rings. The third-order valence-electron chi connectivity index (χ3n) is 6.55. The van der Waals surface area contributed by atoms with Crippen molar-refractivity contribution in [2.24, 2.45) is 0 Å². The lowest BCUT2D eigenvalue weighted by molar-refractivity contribution is 0.173. The van der Waals surface area contributed by atoms with Crippen molar-refractivity contribution in [1.29, 1.82) is 0 Å². The van der Waals surface area contributed by atoms with Gasteiger partial charge in [-0.05, 0) is 89.6 Å². The first-order valence-electron chi connectivity index (χ1n) is 11.8. The number of methoxy groups -OCH3 is 1. The highest BCUT2D eigenvalue weighted by atomic mass is 19.1. The third-order valence-corrected chi connectivity index (χ3v) is 6.55. The lowest BCUT2D eigenvalue weighted by Crippen LogP contribution is -2.24. The van der Waals surface area contributed by atoms with Gasteiger partial charge in [-0.25, -0.2) is 8.78 Å². The molecule has 0 bridgehead atoms. The Kier molecular flexibility index (Phi) is 7.55. The van der Waals surface area contributed by atoms with E-state index in [1.54, 1.807) is 50.6 Å². The fourth-order valence-electron chi connectivity index (χ4n) is 4.20. The van der Waals surface area contributed by atoms with Crippen LogP contribution in [0.3, 0.4) is 0 Å². The van der Waals surface area contributed by atoms with Crippen molar-refractivity contribution in [3.63, 3.8) is 0 Å². The number of rotatable bonds is 8. The predicted molar refractivity (Wildman–Crippen MR) is 143 cm³/mol. The van der Waals surface area contributed by atoms with Crippen LogP contribution < -0.4 is 10.6 Å². The summed E-state index contributed by atoms with van der Waals surface area (Å²) in [6.07, 6.45) is 7.10. The minimum atomic E-state index is -1.32. The number of halogens is 2. The molecule has 0 aliphatic heterocycles. The van der Waals surface area contributed by atoms with Gasteiger partial charge in [0.05, 0.1) is 7.11 Å². The second-order valence-electron chi connectivity index (χ2n) is 8.87. The number of nitrogens with two attached hydrogens (primary N) is 1. The number of ether oxygens (including phenoxy) is 1. The molecule has 1 aliphatic carbocycles. The maximum absolute atomic E-state index is 15.1. The van der Waals surface area contributed by atoms with Gasteiger partial charge in [-0.15, -0.1) is 0 Å². The molecule has 1 fully saturated rings. The Hall–Kier alpha value is -3.90. The lowest BCUT2D eigenvalue weighted by Gasteiger charge is -2.27. The Bertz CT molecular complexity index is 1340. The van der Waals surface area contributed by atoms with Crippen molar-refractivity contribution in [1.82, 2.24) is 0 Å². The van der Waals surface area contributed by atoms with Gasteiger partial charge in [-0.1, -0.05) is 36.9 Å². The van der Waals surface area contributed by atoms with Crippen LogP contribution in [0.5, 0.6) is 0 Å². The van der Waals surface area contributed by atoms with Gasteiger partial charge in [-0.3, -0.25) is 0 Å².